The summed E-state index contributed by atoms with van der Waals surface area (Å²) in [4.78, 5) is 10.5. The molecule has 1 fully saturated rings. The minimum Gasteiger partial charge on any atom is -0.480 e. The van der Waals surface area contributed by atoms with Crippen LogP contribution in [0.25, 0.3) is 0 Å². The van der Waals surface area contributed by atoms with Gasteiger partial charge in [0.05, 0.1) is 6.10 Å². The zero-order valence-corrected chi connectivity index (χ0v) is 6.29. The third-order valence-corrected chi connectivity index (χ3v) is 1.95. The smallest absolute Gasteiger partial charge is 0.320 e. The van der Waals surface area contributed by atoms with Crippen molar-refractivity contribution in [3.05, 3.63) is 0 Å². The van der Waals surface area contributed by atoms with Crippen molar-refractivity contribution >= 4 is 5.97 Å². The average molecular weight is 159 g/mol. The molecule has 1 heterocycles. The van der Waals surface area contributed by atoms with Gasteiger partial charge in [0.15, 0.2) is 0 Å². The fourth-order valence-corrected chi connectivity index (χ4v) is 1.24. The molecule has 0 spiro atoms. The minimum atomic E-state index is -0.820. The van der Waals surface area contributed by atoms with E-state index in [0.29, 0.717) is 25.8 Å². The molecule has 0 saturated carbocycles. The average Bonchev–Trinajstić information content (AvgIpc) is 2.13. The molecule has 2 unspecified atom stereocenters. The molecular formula is C7H13NO3. The van der Waals surface area contributed by atoms with E-state index < -0.39 is 12.0 Å². The first-order valence-electron chi connectivity index (χ1n) is 3.84. The van der Waals surface area contributed by atoms with E-state index in [0.717, 1.165) is 0 Å². The SMILES string of the molecule is O=C(O)C1CCC(O)CCN1. The molecule has 1 rings (SSSR count). The van der Waals surface area contributed by atoms with Crippen LogP contribution in [0.3, 0.4) is 0 Å². The Bertz CT molecular complexity index is 149. The Balaban J connectivity index is 2.40. The predicted molar refractivity (Wildman–Crippen MR) is 39.3 cm³/mol. The summed E-state index contributed by atoms with van der Waals surface area (Å²) in [5.41, 5.74) is 0. The molecule has 0 aromatic rings. The van der Waals surface area contributed by atoms with Crippen molar-refractivity contribution in [2.75, 3.05) is 6.54 Å². The summed E-state index contributed by atoms with van der Waals surface area (Å²) in [6.07, 6.45) is 1.44. The predicted octanol–water partition coefficient (Wildman–Crippen LogP) is -0.426. The van der Waals surface area contributed by atoms with Gasteiger partial charge in [-0.25, -0.2) is 0 Å². The highest BCUT2D eigenvalue weighted by atomic mass is 16.4. The van der Waals surface area contributed by atoms with E-state index in [2.05, 4.69) is 5.32 Å². The lowest BCUT2D eigenvalue weighted by Gasteiger charge is -2.08. The molecule has 1 aliphatic heterocycles. The van der Waals surface area contributed by atoms with Crippen molar-refractivity contribution in [2.45, 2.75) is 31.4 Å². The van der Waals surface area contributed by atoms with Gasteiger partial charge in [0.1, 0.15) is 6.04 Å². The molecule has 0 aromatic heterocycles. The van der Waals surface area contributed by atoms with E-state index in [4.69, 9.17) is 10.2 Å². The molecule has 1 saturated heterocycles. The number of rotatable bonds is 1. The fraction of sp³-hybridized carbons (Fsp3) is 0.857. The lowest BCUT2D eigenvalue weighted by atomic mass is 10.1. The van der Waals surface area contributed by atoms with Gasteiger partial charge in [-0.1, -0.05) is 0 Å². The third-order valence-electron chi connectivity index (χ3n) is 1.95. The summed E-state index contributed by atoms with van der Waals surface area (Å²) in [5.74, 6) is -0.820. The molecule has 0 aromatic carbocycles. The van der Waals surface area contributed by atoms with E-state index in [-0.39, 0.29) is 6.10 Å². The first-order valence-corrected chi connectivity index (χ1v) is 3.84. The van der Waals surface area contributed by atoms with Crippen LogP contribution in [0.1, 0.15) is 19.3 Å². The van der Waals surface area contributed by atoms with Crippen LogP contribution >= 0.6 is 0 Å². The third kappa shape index (κ3) is 2.48. The highest BCUT2D eigenvalue weighted by Gasteiger charge is 2.21. The fourth-order valence-electron chi connectivity index (χ4n) is 1.24. The van der Waals surface area contributed by atoms with Crippen LogP contribution < -0.4 is 5.32 Å². The van der Waals surface area contributed by atoms with E-state index in [1.807, 2.05) is 0 Å². The van der Waals surface area contributed by atoms with Gasteiger partial charge in [-0.05, 0) is 25.8 Å². The maximum atomic E-state index is 10.5. The summed E-state index contributed by atoms with van der Waals surface area (Å²) < 4.78 is 0. The lowest BCUT2D eigenvalue weighted by molar-refractivity contribution is -0.139. The van der Waals surface area contributed by atoms with E-state index in [1.165, 1.54) is 0 Å². The number of aliphatic carboxylic acids is 1. The number of nitrogens with one attached hydrogen (secondary N) is 1. The molecular weight excluding hydrogens is 146 g/mol. The standard InChI is InChI=1S/C7H13NO3/c9-5-1-2-6(7(10)11)8-4-3-5/h5-6,8-9H,1-4H2,(H,10,11). The normalized spacial score (nSPS) is 32.8. The molecule has 0 bridgehead atoms. The first-order chi connectivity index (χ1) is 5.20. The van der Waals surface area contributed by atoms with E-state index in [1.54, 1.807) is 0 Å². The molecule has 64 valence electrons. The molecule has 4 heteroatoms. The van der Waals surface area contributed by atoms with Crippen LogP contribution in [0.5, 0.6) is 0 Å². The number of hydrogen-bond donors (Lipinski definition) is 3. The second-order valence-electron chi connectivity index (χ2n) is 2.86. The summed E-state index contributed by atoms with van der Waals surface area (Å²) >= 11 is 0. The van der Waals surface area contributed by atoms with Crippen molar-refractivity contribution in [3.8, 4) is 0 Å². The number of carboxylic acids is 1. The quantitative estimate of drug-likeness (QED) is 0.485. The Hall–Kier alpha value is -0.610. The monoisotopic (exact) mass is 159 g/mol. The zero-order chi connectivity index (χ0) is 8.27. The maximum absolute atomic E-state index is 10.5. The highest BCUT2D eigenvalue weighted by Crippen LogP contribution is 2.09. The van der Waals surface area contributed by atoms with Gasteiger partial charge in [0, 0.05) is 0 Å². The summed E-state index contributed by atoms with van der Waals surface area (Å²) in [5, 5.41) is 20.6. The second-order valence-corrected chi connectivity index (χ2v) is 2.86. The molecule has 3 N–H and O–H groups in total. The minimum absolute atomic E-state index is 0.327. The summed E-state index contributed by atoms with van der Waals surface area (Å²) in [6.45, 7) is 0.595. The van der Waals surface area contributed by atoms with Crippen molar-refractivity contribution in [2.24, 2.45) is 0 Å². The van der Waals surface area contributed by atoms with Crippen LogP contribution in [0.4, 0.5) is 0 Å². The maximum Gasteiger partial charge on any atom is 0.320 e. The molecule has 4 nitrogen and oxygen atoms in total. The van der Waals surface area contributed by atoms with Crippen LogP contribution in [-0.4, -0.2) is 34.9 Å². The van der Waals surface area contributed by atoms with E-state index >= 15 is 0 Å². The number of hydrogen-bond acceptors (Lipinski definition) is 3. The summed E-state index contributed by atoms with van der Waals surface area (Å²) in [7, 11) is 0. The Morgan fingerprint density at radius 3 is 2.73 bits per heavy atom. The second kappa shape index (κ2) is 3.69. The molecule has 11 heavy (non-hydrogen) atoms. The lowest BCUT2D eigenvalue weighted by Crippen LogP contribution is -2.35. The molecule has 0 radical (unpaired) electrons. The van der Waals surface area contributed by atoms with Crippen molar-refractivity contribution < 1.29 is 15.0 Å². The Morgan fingerprint density at radius 1 is 1.36 bits per heavy atom. The van der Waals surface area contributed by atoms with Gasteiger partial charge in [-0.15, -0.1) is 0 Å². The number of carboxylic acid groups (broad SMARTS) is 1. The topological polar surface area (TPSA) is 69.6 Å². The molecule has 2 atom stereocenters. The number of aliphatic hydroxyl groups is 1. The Labute approximate surface area is 65.2 Å². The first kappa shape index (κ1) is 8.49. The molecule has 0 amide bonds. The van der Waals surface area contributed by atoms with Crippen LogP contribution in [0.2, 0.25) is 0 Å². The van der Waals surface area contributed by atoms with Gasteiger partial charge in [0.2, 0.25) is 0 Å². The van der Waals surface area contributed by atoms with Gasteiger partial charge < -0.3 is 15.5 Å². The van der Waals surface area contributed by atoms with Crippen molar-refractivity contribution in [3.63, 3.8) is 0 Å². The highest BCUT2D eigenvalue weighted by molar-refractivity contribution is 5.73. The van der Waals surface area contributed by atoms with Crippen molar-refractivity contribution in [1.29, 1.82) is 0 Å². The van der Waals surface area contributed by atoms with E-state index in [9.17, 15) is 4.79 Å². The van der Waals surface area contributed by atoms with Gasteiger partial charge >= 0.3 is 5.97 Å². The van der Waals surface area contributed by atoms with Crippen LogP contribution in [0, 0.1) is 0 Å². The summed E-state index contributed by atoms with van der Waals surface area (Å²) in [6, 6.07) is -0.466. The molecule has 0 aliphatic carbocycles. The van der Waals surface area contributed by atoms with Gasteiger partial charge in [0.25, 0.3) is 0 Å². The molecule has 1 aliphatic rings. The Morgan fingerprint density at radius 2 is 2.09 bits per heavy atom. The van der Waals surface area contributed by atoms with Gasteiger partial charge in [-0.2, -0.15) is 0 Å². The van der Waals surface area contributed by atoms with Gasteiger partial charge in [-0.3, -0.25) is 4.79 Å². The van der Waals surface area contributed by atoms with Crippen molar-refractivity contribution in [1.82, 2.24) is 5.32 Å². The number of carbonyl (C=O) groups is 1. The zero-order valence-electron chi connectivity index (χ0n) is 6.29. The van der Waals surface area contributed by atoms with Crippen LogP contribution in [0.15, 0.2) is 0 Å². The number of aliphatic hydroxyl groups excluding tert-OH is 1. The largest absolute Gasteiger partial charge is 0.480 e. The Kier molecular flexibility index (Phi) is 2.84. The van der Waals surface area contributed by atoms with Crippen LogP contribution in [-0.2, 0) is 4.79 Å².